The number of sulfonamides is 1. The molecule has 2 saturated heterocycles. The summed E-state index contributed by atoms with van der Waals surface area (Å²) in [6.07, 6.45) is 3.92. The Balaban J connectivity index is 0.00000261. The number of ether oxygens (including phenoxy) is 1. The van der Waals surface area contributed by atoms with E-state index in [9.17, 15) is 13.2 Å². The predicted molar refractivity (Wildman–Crippen MR) is 106 cm³/mol. The van der Waals surface area contributed by atoms with E-state index in [0.717, 1.165) is 38.8 Å². The van der Waals surface area contributed by atoms with Gasteiger partial charge in [-0.3, -0.25) is 4.79 Å². The first-order chi connectivity index (χ1) is 12.5. The van der Waals surface area contributed by atoms with Gasteiger partial charge < -0.3 is 15.4 Å². The molecule has 9 heteroatoms. The van der Waals surface area contributed by atoms with Crippen LogP contribution in [-0.2, 0) is 10.0 Å². The average molecular weight is 418 g/mol. The van der Waals surface area contributed by atoms with Gasteiger partial charge in [0.1, 0.15) is 10.6 Å². The number of nitrogens with zero attached hydrogens (tertiary/aromatic N) is 1. The molecule has 2 aliphatic heterocycles. The van der Waals surface area contributed by atoms with Crippen molar-refractivity contribution in [3.05, 3.63) is 23.8 Å². The van der Waals surface area contributed by atoms with Gasteiger partial charge in [0.2, 0.25) is 10.0 Å². The molecule has 0 saturated carbocycles. The standard InChI is InChI=1S/C18H27N3O4S.ClH/c1-25-16-7-6-15(18(22)20-13-14-5-4-8-19-12-14)11-17(16)26(23,24)21-9-2-3-10-21;/h6-7,11,14,19H,2-5,8-10,12-13H2,1H3,(H,20,22);1H. The Morgan fingerprint density at radius 2 is 2.04 bits per heavy atom. The van der Waals surface area contributed by atoms with Crippen molar-refractivity contribution < 1.29 is 17.9 Å². The number of benzene rings is 1. The Hall–Kier alpha value is -1.35. The second-order valence-electron chi connectivity index (χ2n) is 6.90. The van der Waals surface area contributed by atoms with Crippen LogP contribution < -0.4 is 15.4 Å². The van der Waals surface area contributed by atoms with Gasteiger partial charge in [0.15, 0.2) is 0 Å². The molecule has 152 valence electrons. The number of nitrogens with one attached hydrogen (secondary N) is 2. The van der Waals surface area contributed by atoms with Gasteiger partial charge in [-0.25, -0.2) is 8.42 Å². The van der Waals surface area contributed by atoms with Crippen molar-refractivity contribution in [2.24, 2.45) is 5.92 Å². The first-order valence-electron chi connectivity index (χ1n) is 9.19. The Kier molecular flexibility index (Phi) is 7.91. The Morgan fingerprint density at radius 3 is 2.67 bits per heavy atom. The smallest absolute Gasteiger partial charge is 0.251 e. The molecule has 2 aliphatic rings. The topological polar surface area (TPSA) is 87.7 Å². The van der Waals surface area contributed by atoms with E-state index < -0.39 is 10.0 Å². The number of carbonyl (C=O) groups is 1. The zero-order valence-corrected chi connectivity index (χ0v) is 17.2. The highest BCUT2D eigenvalue weighted by Gasteiger charge is 2.30. The van der Waals surface area contributed by atoms with Crippen LogP contribution in [0.4, 0.5) is 0 Å². The molecule has 1 aromatic rings. The second-order valence-corrected chi connectivity index (χ2v) is 8.81. The summed E-state index contributed by atoms with van der Waals surface area (Å²) in [7, 11) is -2.22. The highest BCUT2D eigenvalue weighted by atomic mass is 35.5. The molecule has 2 heterocycles. The predicted octanol–water partition coefficient (Wildman–Crippen LogP) is 1.63. The molecule has 2 fully saturated rings. The lowest BCUT2D eigenvalue weighted by molar-refractivity contribution is 0.0944. The molecule has 0 bridgehead atoms. The molecule has 0 radical (unpaired) electrons. The van der Waals surface area contributed by atoms with Crippen LogP contribution in [0.1, 0.15) is 36.0 Å². The molecule has 0 spiro atoms. The van der Waals surface area contributed by atoms with Gasteiger partial charge in [-0.2, -0.15) is 4.31 Å². The van der Waals surface area contributed by atoms with Gasteiger partial charge in [0.25, 0.3) is 5.91 Å². The van der Waals surface area contributed by atoms with E-state index in [1.165, 1.54) is 17.5 Å². The number of amides is 1. The summed E-state index contributed by atoms with van der Waals surface area (Å²) < 4.78 is 32.5. The van der Waals surface area contributed by atoms with E-state index >= 15 is 0 Å². The van der Waals surface area contributed by atoms with Gasteiger partial charge in [-0.15, -0.1) is 12.4 Å². The molecular formula is C18H28ClN3O4S. The molecule has 7 nitrogen and oxygen atoms in total. The lowest BCUT2D eigenvalue weighted by atomic mass is 9.99. The van der Waals surface area contributed by atoms with Gasteiger partial charge in [0.05, 0.1) is 7.11 Å². The zero-order chi connectivity index (χ0) is 18.6. The molecule has 1 aromatic carbocycles. The van der Waals surface area contributed by atoms with Crippen LogP contribution in [-0.4, -0.2) is 58.5 Å². The van der Waals surface area contributed by atoms with E-state index in [1.807, 2.05) is 0 Å². The monoisotopic (exact) mass is 417 g/mol. The number of piperidine rings is 1. The summed E-state index contributed by atoms with van der Waals surface area (Å²) in [4.78, 5) is 12.6. The van der Waals surface area contributed by atoms with Crippen LogP contribution in [0.5, 0.6) is 5.75 Å². The fraction of sp³-hybridized carbons (Fsp3) is 0.611. The normalized spacial score (nSPS) is 20.7. The summed E-state index contributed by atoms with van der Waals surface area (Å²) in [6, 6.07) is 4.59. The minimum atomic E-state index is -3.65. The van der Waals surface area contributed by atoms with Crippen molar-refractivity contribution in [3.63, 3.8) is 0 Å². The molecule has 27 heavy (non-hydrogen) atoms. The largest absolute Gasteiger partial charge is 0.495 e. The van der Waals surface area contributed by atoms with E-state index in [2.05, 4.69) is 10.6 Å². The number of carbonyl (C=O) groups excluding carboxylic acids is 1. The maximum atomic E-state index is 12.9. The molecule has 0 aromatic heterocycles. The molecule has 0 aliphatic carbocycles. The van der Waals surface area contributed by atoms with Crippen LogP contribution in [0.2, 0.25) is 0 Å². The van der Waals surface area contributed by atoms with Gasteiger partial charge in [-0.1, -0.05) is 0 Å². The van der Waals surface area contributed by atoms with Gasteiger partial charge in [-0.05, 0) is 62.9 Å². The molecule has 3 rings (SSSR count). The Labute approximate surface area is 167 Å². The summed E-state index contributed by atoms with van der Waals surface area (Å²) in [5, 5.41) is 6.25. The zero-order valence-electron chi connectivity index (χ0n) is 15.6. The molecule has 1 atom stereocenters. The first-order valence-corrected chi connectivity index (χ1v) is 10.6. The van der Waals surface area contributed by atoms with E-state index in [1.54, 1.807) is 12.1 Å². The van der Waals surface area contributed by atoms with E-state index in [-0.39, 0.29) is 29.0 Å². The number of halogens is 1. The second kappa shape index (κ2) is 9.73. The summed E-state index contributed by atoms with van der Waals surface area (Å²) >= 11 is 0. The SMILES string of the molecule is COc1ccc(C(=O)NCC2CCCNC2)cc1S(=O)(=O)N1CCCC1.Cl. The van der Waals surface area contributed by atoms with Crippen molar-refractivity contribution >= 4 is 28.3 Å². The van der Waals surface area contributed by atoms with Crippen LogP contribution in [0.3, 0.4) is 0 Å². The Morgan fingerprint density at radius 1 is 1.30 bits per heavy atom. The van der Waals surface area contributed by atoms with E-state index in [0.29, 0.717) is 31.1 Å². The fourth-order valence-electron chi connectivity index (χ4n) is 3.52. The summed E-state index contributed by atoms with van der Waals surface area (Å²) in [5.41, 5.74) is 0.340. The van der Waals surface area contributed by atoms with Gasteiger partial charge in [0, 0.05) is 25.2 Å². The number of rotatable bonds is 6. The maximum Gasteiger partial charge on any atom is 0.251 e. The van der Waals surface area contributed by atoms with Crippen molar-refractivity contribution in [3.8, 4) is 5.75 Å². The highest BCUT2D eigenvalue weighted by Crippen LogP contribution is 2.29. The summed E-state index contributed by atoms with van der Waals surface area (Å²) in [6.45, 7) is 3.54. The number of methoxy groups -OCH3 is 1. The van der Waals surface area contributed by atoms with Crippen LogP contribution in [0, 0.1) is 5.92 Å². The minimum Gasteiger partial charge on any atom is -0.495 e. The average Bonchev–Trinajstić information content (AvgIpc) is 3.22. The fourth-order valence-corrected chi connectivity index (χ4v) is 5.22. The van der Waals surface area contributed by atoms with Crippen LogP contribution >= 0.6 is 12.4 Å². The highest BCUT2D eigenvalue weighted by molar-refractivity contribution is 7.89. The van der Waals surface area contributed by atoms with Crippen molar-refractivity contribution in [2.45, 2.75) is 30.6 Å². The Bertz CT molecular complexity index is 745. The lowest BCUT2D eigenvalue weighted by Crippen LogP contribution is -2.38. The van der Waals surface area contributed by atoms with Crippen molar-refractivity contribution in [1.82, 2.24) is 14.9 Å². The third-order valence-corrected chi connectivity index (χ3v) is 6.98. The third-order valence-electron chi connectivity index (χ3n) is 5.06. The molecule has 2 N–H and O–H groups in total. The molecule has 1 unspecified atom stereocenters. The number of hydrogen-bond donors (Lipinski definition) is 2. The quantitative estimate of drug-likeness (QED) is 0.734. The maximum absolute atomic E-state index is 12.9. The third kappa shape index (κ3) is 5.13. The lowest BCUT2D eigenvalue weighted by Gasteiger charge is -2.23. The van der Waals surface area contributed by atoms with Gasteiger partial charge >= 0.3 is 0 Å². The van der Waals surface area contributed by atoms with Crippen LogP contribution in [0.15, 0.2) is 23.1 Å². The molecule has 1 amide bonds. The number of hydrogen-bond acceptors (Lipinski definition) is 5. The molecular weight excluding hydrogens is 390 g/mol. The first kappa shape index (κ1) is 21.9. The van der Waals surface area contributed by atoms with Crippen molar-refractivity contribution in [2.75, 3.05) is 39.8 Å². The van der Waals surface area contributed by atoms with Crippen molar-refractivity contribution in [1.29, 1.82) is 0 Å². The van der Waals surface area contributed by atoms with Crippen LogP contribution in [0.25, 0.3) is 0 Å². The van der Waals surface area contributed by atoms with E-state index in [4.69, 9.17) is 4.74 Å². The minimum absolute atomic E-state index is 0. The summed E-state index contributed by atoms with van der Waals surface area (Å²) in [5.74, 6) is 0.430.